The summed E-state index contributed by atoms with van der Waals surface area (Å²) in [7, 11) is 0. The highest BCUT2D eigenvalue weighted by atomic mass is 16.3. The number of nitrogens with zero attached hydrogens (tertiary/aromatic N) is 1. The van der Waals surface area contributed by atoms with Crippen LogP contribution in [0.4, 0.5) is 0 Å². The van der Waals surface area contributed by atoms with Crippen LogP contribution in [0.15, 0.2) is 156 Å². The topological polar surface area (TPSA) is 73.4 Å². The van der Waals surface area contributed by atoms with E-state index in [9.17, 15) is 0 Å². The Morgan fingerprint density at radius 2 is 0.779 bits per heavy atom. The van der Waals surface area contributed by atoms with Crippen molar-refractivity contribution >= 4 is 56.4 Å². The molecule has 68 heavy (non-hydrogen) atoms. The predicted molar refractivity (Wildman–Crippen MR) is 283 cm³/mol. The minimum absolute atomic E-state index is 0.784. The summed E-state index contributed by atoms with van der Waals surface area (Å²) in [6.45, 7) is 13.1. The van der Waals surface area contributed by atoms with Crippen molar-refractivity contribution in [3.63, 3.8) is 0 Å². The van der Waals surface area contributed by atoms with Crippen LogP contribution in [0.5, 0.6) is 0 Å². The number of H-pyrrole nitrogens is 3. The fourth-order valence-corrected chi connectivity index (χ4v) is 9.92. The van der Waals surface area contributed by atoms with Crippen LogP contribution in [0.2, 0.25) is 0 Å². The Morgan fingerprint density at radius 1 is 0.353 bits per heavy atom. The molecule has 1 aliphatic heterocycles. The summed E-state index contributed by atoms with van der Waals surface area (Å²) in [6, 6.07) is 52.7. The summed E-state index contributed by atoms with van der Waals surface area (Å²) >= 11 is 0. The number of hydrogen-bond donors (Lipinski definition) is 3. The van der Waals surface area contributed by atoms with E-state index in [0.29, 0.717) is 0 Å². The third kappa shape index (κ3) is 8.02. The molecule has 0 spiro atoms. The molecule has 11 rings (SSSR count). The molecule has 326 valence electrons. The molecule has 0 amide bonds. The number of aryl methyl sites for hydroxylation is 6. The van der Waals surface area contributed by atoms with E-state index >= 15 is 0 Å². The van der Waals surface area contributed by atoms with E-state index in [1.807, 2.05) is 54.6 Å². The SMILES string of the molecule is Cc1cc(C)c(-c2c3ccc([nH]3)c3nc(c(-c4ccc(C#Cc5cccc(C#Cc6ccccc6)c5)cc4)c4ccc([nH]4)c4ccc([nH]4)c(-c4c(C)cc(C)cc4C)c4ccc2o4)C=C3)c(C)c1. The number of aromatic nitrogens is 4. The third-order valence-corrected chi connectivity index (χ3v) is 12.8. The second-order valence-corrected chi connectivity index (χ2v) is 17.9. The smallest absolute Gasteiger partial charge is 0.137 e. The monoisotopic (exact) mass is 876 g/mol. The Labute approximate surface area is 396 Å². The van der Waals surface area contributed by atoms with Gasteiger partial charge in [0.05, 0.1) is 39.0 Å². The molecule has 6 heterocycles. The molecule has 10 aromatic rings. The molecule has 5 heteroatoms. The van der Waals surface area contributed by atoms with E-state index in [1.54, 1.807) is 0 Å². The van der Waals surface area contributed by atoms with E-state index < -0.39 is 0 Å². The fraction of sp³-hybridized carbons (Fsp3) is 0.0952. The van der Waals surface area contributed by atoms with Crippen LogP contribution >= 0.6 is 0 Å². The van der Waals surface area contributed by atoms with Gasteiger partial charge in [0.15, 0.2) is 0 Å². The molecule has 0 fully saturated rings. The molecule has 1 aliphatic rings. The lowest BCUT2D eigenvalue weighted by Crippen LogP contribution is -1.91. The van der Waals surface area contributed by atoms with Crippen molar-refractivity contribution in [3.05, 3.63) is 219 Å². The van der Waals surface area contributed by atoms with Crippen LogP contribution in [0.25, 0.3) is 89.8 Å². The van der Waals surface area contributed by atoms with Gasteiger partial charge in [-0.15, -0.1) is 0 Å². The van der Waals surface area contributed by atoms with Gasteiger partial charge < -0.3 is 19.4 Å². The first-order valence-electron chi connectivity index (χ1n) is 23.0. The van der Waals surface area contributed by atoms with E-state index in [-0.39, 0.29) is 0 Å². The van der Waals surface area contributed by atoms with Gasteiger partial charge in [-0.25, -0.2) is 4.98 Å². The summed E-state index contributed by atoms with van der Waals surface area (Å²) < 4.78 is 7.12. The van der Waals surface area contributed by atoms with E-state index in [1.165, 1.54) is 33.4 Å². The molecule has 0 atom stereocenters. The molecule has 0 aliphatic carbocycles. The van der Waals surface area contributed by atoms with Crippen molar-refractivity contribution < 1.29 is 4.42 Å². The zero-order valence-corrected chi connectivity index (χ0v) is 38.9. The summed E-state index contributed by atoms with van der Waals surface area (Å²) in [6.07, 6.45) is 4.21. The lowest BCUT2D eigenvalue weighted by atomic mass is 9.93. The van der Waals surface area contributed by atoms with E-state index in [4.69, 9.17) is 9.40 Å². The first-order chi connectivity index (χ1) is 33.1. The van der Waals surface area contributed by atoms with Gasteiger partial charge in [0.2, 0.25) is 0 Å². The zero-order chi connectivity index (χ0) is 46.5. The van der Waals surface area contributed by atoms with Crippen LogP contribution in [-0.4, -0.2) is 19.9 Å². The lowest BCUT2D eigenvalue weighted by Gasteiger charge is -2.13. The van der Waals surface area contributed by atoms with Gasteiger partial charge in [-0.1, -0.05) is 95.5 Å². The molecule has 5 nitrogen and oxygen atoms in total. The maximum atomic E-state index is 7.12. The average Bonchev–Trinajstić information content (AvgIpc) is 4.19. The molecular formula is C63H48N4O. The van der Waals surface area contributed by atoms with Gasteiger partial charge in [-0.3, -0.25) is 0 Å². The van der Waals surface area contributed by atoms with Crippen molar-refractivity contribution in [2.45, 2.75) is 41.5 Å². The summed E-state index contributed by atoms with van der Waals surface area (Å²) in [4.78, 5) is 16.7. The normalized spacial score (nSPS) is 11.4. The van der Waals surface area contributed by atoms with E-state index in [0.717, 1.165) is 111 Å². The largest absolute Gasteiger partial charge is 0.456 e. The maximum Gasteiger partial charge on any atom is 0.137 e. The van der Waals surface area contributed by atoms with Crippen LogP contribution in [0.1, 0.15) is 67.0 Å². The van der Waals surface area contributed by atoms with Gasteiger partial charge in [0.1, 0.15) is 11.2 Å². The van der Waals surface area contributed by atoms with Crippen LogP contribution in [0.3, 0.4) is 0 Å². The standard InChI is InChI=1S/C63H48N4O/c1-38-33-40(3)59(41(4)34-38)62-55-29-25-51(66-55)49-23-27-53(64-49)61(48-21-19-45(20-22-48)16-18-47-14-10-13-46(37-47)17-15-44-11-8-7-9-12-44)54-28-24-50(65-54)52-26-30-56(67-52)63(58-32-31-57(62)68-58)60-42(5)35-39(2)36-43(60)6/h7-14,19-37,64,66-67H,1-6H3. The molecule has 0 unspecified atom stereocenters. The Bertz CT molecular complexity index is 3930. The highest BCUT2D eigenvalue weighted by Gasteiger charge is 2.19. The molecule has 0 radical (unpaired) electrons. The minimum Gasteiger partial charge on any atom is -0.456 e. The van der Waals surface area contributed by atoms with Gasteiger partial charge in [-0.2, -0.15) is 0 Å². The number of hydrogen-bond acceptors (Lipinski definition) is 2. The van der Waals surface area contributed by atoms with Crippen LogP contribution in [-0.2, 0) is 0 Å². The van der Waals surface area contributed by atoms with Crippen LogP contribution < -0.4 is 0 Å². The quantitative estimate of drug-likeness (QED) is 0.155. The van der Waals surface area contributed by atoms with Crippen molar-refractivity contribution in [1.29, 1.82) is 0 Å². The molecule has 0 saturated heterocycles. The molecule has 0 saturated carbocycles. The first kappa shape index (κ1) is 41.9. The Morgan fingerprint density at radius 3 is 1.32 bits per heavy atom. The second kappa shape index (κ2) is 17.2. The van der Waals surface area contributed by atoms with Gasteiger partial charge in [0, 0.05) is 44.5 Å². The van der Waals surface area contributed by atoms with Crippen molar-refractivity contribution in [3.8, 4) is 57.1 Å². The van der Waals surface area contributed by atoms with Gasteiger partial charge in [0.25, 0.3) is 0 Å². The summed E-state index contributed by atoms with van der Waals surface area (Å²) in [5.41, 5.74) is 26.3. The fourth-order valence-electron chi connectivity index (χ4n) is 9.92. The molecule has 10 bridgehead atoms. The van der Waals surface area contributed by atoms with Crippen molar-refractivity contribution in [2.24, 2.45) is 0 Å². The number of benzene rings is 5. The van der Waals surface area contributed by atoms with Crippen LogP contribution in [0, 0.1) is 65.2 Å². The Kier molecular flexibility index (Phi) is 10.6. The first-order valence-corrected chi connectivity index (χ1v) is 23.0. The molecular weight excluding hydrogens is 829 g/mol. The predicted octanol–water partition coefficient (Wildman–Crippen LogP) is 15.7. The average molecular weight is 877 g/mol. The highest BCUT2D eigenvalue weighted by molar-refractivity contribution is 6.00. The number of rotatable bonds is 3. The lowest BCUT2D eigenvalue weighted by molar-refractivity contribution is 0.668. The summed E-state index contributed by atoms with van der Waals surface area (Å²) in [5.74, 6) is 13.3. The number of fused-ring (bicyclic) bond motifs is 12. The highest BCUT2D eigenvalue weighted by Crippen LogP contribution is 2.40. The Balaban J connectivity index is 1.11. The van der Waals surface area contributed by atoms with Crippen molar-refractivity contribution in [1.82, 2.24) is 19.9 Å². The minimum atomic E-state index is 0.784. The van der Waals surface area contributed by atoms with Gasteiger partial charge in [-0.05, 0) is 184 Å². The van der Waals surface area contributed by atoms with Crippen molar-refractivity contribution in [2.75, 3.05) is 0 Å². The Hall–Kier alpha value is -8.77. The molecule has 5 aromatic heterocycles. The summed E-state index contributed by atoms with van der Waals surface area (Å²) in [5, 5.41) is 0. The second-order valence-electron chi connectivity index (χ2n) is 17.9. The number of aromatic amines is 3. The molecule has 3 N–H and O–H groups in total. The maximum absolute atomic E-state index is 7.12. The van der Waals surface area contributed by atoms with Gasteiger partial charge >= 0.3 is 0 Å². The molecule has 5 aromatic carbocycles. The number of furan rings is 1. The third-order valence-electron chi connectivity index (χ3n) is 12.8. The zero-order valence-electron chi connectivity index (χ0n) is 38.9. The van der Waals surface area contributed by atoms with E-state index in [2.05, 4.69) is 189 Å². The number of nitrogens with one attached hydrogen (secondary N) is 3.